The monoisotopic (exact) mass is 267 g/mol. The minimum atomic E-state index is 0. The summed E-state index contributed by atoms with van der Waals surface area (Å²) in [7, 11) is 0. The summed E-state index contributed by atoms with van der Waals surface area (Å²) in [4.78, 5) is 0. The molecule has 0 aromatic heterocycles. The van der Waals surface area contributed by atoms with E-state index in [-0.39, 0.29) is 16.8 Å². The molecule has 0 aliphatic heterocycles. The molecule has 0 saturated heterocycles. The number of rotatable bonds is 0. The molecule has 1 heteroatoms. The Morgan fingerprint density at radius 1 is 0.176 bits per heavy atom. The van der Waals surface area contributed by atoms with E-state index >= 15 is 0 Å². The first-order valence-corrected chi connectivity index (χ1v) is 5.33. The van der Waals surface area contributed by atoms with Gasteiger partial charge in [-0.1, -0.05) is 97.2 Å². The quantitative estimate of drug-likeness (QED) is 0.608. The van der Waals surface area contributed by atoms with Crippen LogP contribution >= 0.6 is 0 Å². The zero-order chi connectivity index (χ0) is 11.3. The van der Waals surface area contributed by atoms with Crippen molar-refractivity contribution in [1.82, 2.24) is 0 Å². The SMILES string of the molecule is C1=C/C=C\C=C/C=C1.C1=C/C=C\C=C/C=C1.[Co]. The molecule has 0 aromatic carbocycles. The maximum absolute atomic E-state index is 2.00. The van der Waals surface area contributed by atoms with Crippen molar-refractivity contribution in [2.75, 3.05) is 0 Å². The summed E-state index contributed by atoms with van der Waals surface area (Å²) in [5, 5.41) is 0. The van der Waals surface area contributed by atoms with E-state index in [9.17, 15) is 0 Å². The Morgan fingerprint density at radius 2 is 0.235 bits per heavy atom. The van der Waals surface area contributed by atoms with Gasteiger partial charge < -0.3 is 0 Å². The van der Waals surface area contributed by atoms with Gasteiger partial charge in [0.2, 0.25) is 0 Å². The molecule has 1 radical (unpaired) electrons. The molecule has 0 fully saturated rings. The zero-order valence-electron chi connectivity index (χ0n) is 9.57. The van der Waals surface area contributed by atoms with E-state index in [0.29, 0.717) is 0 Å². The van der Waals surface area contributed by atoms with E-state index in [4.69, 9.17) is 0 Å². The van der Waals surface area contributed by atoms with Gasteiger partial charge >= 0.3 is 0 Å². The average Bonchev–Trinajstić information content (AvgIpc) is 2.15. The Morgan fingerprint density at radius 3 is 0.294 bits per heavy atom. The smallest absolute Gasteiger partial charge is 0 e. The Bertz CT molecular complexity index is 247. The largest absolute Gasteiger partial charge is 0.0623 e. The molecule has 0 N–H and O–H groups in total. The fourth-order valence-corrected chi connectivity index (χ4v) is 1.03. The standard InChI is InChI=1S/2C8H8.Co/c2*1-2-4-6-8-7-5-3-1;/h2*1-8H;/b2*2-1-,3-1?,4-2?,5-3-,6-4?,7-5?,8-6?,8-7?;. The zero-order valence-corrected chi connectivity index (χ0v) is 10.6. The Kier molecular flexibility index (Phi) is 11.3. The van der Waals surface area contributed by atoms with Gasteiger partial charge in [0.15, 0.2) is 0 Å². The van der Waals surface area contributed by atoms with Crippen molar-refractivity contribution in [2.45, 2.75) is 0 Å². The minimum absolute atomic E-state index is 0. The van der Waals surface area contributed by atoms with Crippen LogP contribution in [0.5, 0.6) is 0 Å². The molecular formula is C16H16Co. The molecule has 2 rings (SSSR count). The molecule has 0 unspecified atom stereocenters. The molecule has 17 heavy (non-hydrogen) atoms. The van der Waals surface area contributed by atoms with Crippen molar-refractivity contribution in [3.63, 3.8) is 0 Å². The van der Waals surface area contributed by atoms with Crippen molar-refractivity contribution in [3.05, 3.63) is 97.2 Å². The van der Waals surface area contributed by atoms with Crippen LogP contribution in [0.2, 0.25) is 0 Å². The second-order valence-corrected chi connectivity index (χ2v) is 3.08. The molecule has 2 aliphatic rings. The summed E-state index contributed by atoms with van der Waals surface area (Å²) in [6.45, 7) is 0. The van der Waals surface area contributed by atoms with Crippen LogP contribution in [0, 0.1) is 0 Å². The molecule has 0 heterocycles. The Labute approximate surface area is 114 Å². The molecule has 0 saturated carbocycles. The van der Waals surface area contributed by atoms with Crippen LogP contribution in [-0.4, -0.2) is 0 Å². The van der Waals surface area contributed by atoms with Crippen molar-refractivity contribution >= 4 is 0 Å². The Hall–Kier alpha value is -1.57. The van der Waals surface area contributed by atoms with Crippen LogP contribution in [0.15, 0.2) is 97.2 Å². The van der Waals surface area contributed by atoms with Crippen molar-refractivity contribution in [1.29, 1.82) is 0 Å². The summed E-state index contributed by atoms with van der Waals surface area (Å²) < 4.78 is 0. The first kappa shape index (κ1) is 15.4. The van der Waals surface area contributed by atoms with Gasteiger partial charge in [0.1, 0.15) is 0 Å². The van der Waals surface area contributed by atoms with Crippen LogP contribution < -0.4 is 0 Å². The summed E-state index contributed by atoms with van der Waals surface area (Å²) in [5.41, 5.74) is 0. The van der Waals surface area contributed by atoms with Crippen LogP contribution in [-0.2, 0) is 16.8 Å². The normalized spacial score (nSPS) is 22.6. The van der Waals surface area contributed by atoms with Gasteiger partial charge in [-0.15, -0.1) is 0 Å². The maximum Gasteiger partial charge on any atom is 0 e. The summed E-state index contributed by atoms with van der Waals surface area (Å²) >= 11 is 0. The fraction of sp³-hybridized carbons (Fsp3) is 0. The van der Waals surface area contributed by atoms with Gasteiger partial charge in [0.25, 0.3) is 0 Å². The van der Waals surface area contributed by atoms with Crippen molar-refractivity contribution < 1.29 is 16.8 Å². The van der Waals surface area contributed by atoms with Crippen molar-refractivity contribution in [2.24, 2.45) is 0 Å². The number of allylic oxidation sites excluding steroid dienone is 16. The molecule has 0 spiro atoms. The molecule has 2 aliphatic carbocycles. The van der Waals surface area contributed by atoms with Gasteiger partial charge in [0.05, 0.1) is 0 Å². The van der Waals surface area contributed by atoms with E-state index in [2.05, 4.69) is 0 Å². The van der Waals surface area contributed by atoms with E-state index in [0.717, 1.165) is 0 Å². The fourth-order valence-electron chi connectivity index (χ4n) is 1.03. The Balaban J connectivity index is 0.000000284. The van der Waals surface area contributed by atoms with E-state index in [1.54, 1.807) is 0 Å². The van der Waals surface area contributed by atoms with Gasteiger partial charge in [-0.25, -0.2) is 0 Å². The first-order chi connectivity index (χ1) is 8.00. The van der Waals surface area contributed by atoms with Crippen LogP contribution in [0.4, 0.5) is 0 Å². The number of hydrogen-bond acceptors (Lipinski definition) is 0. The van der Waals surface area contributed by atoms with Gasteiger partial charge in [0, 0.05) is 16.8 Å². The van der Waals surface area contributed by atoms with Crippen LogP contribution in [0.3, 0.4) is 0 Å². The molecular weight excluding hydrogens is 251 g/mol. The summed E-state index contributed by atoms with van der Waals surface area (Å²) in [6, 6.07) is 0. The third kappa shape index (κ3) is 10.7. The average molecular weight is 267 g/mol. The second-order valence-electron chi connectivity index (χ2n) is 3.08. The summed E-state index contributed by atoms with van der Waals surface area (Å²) in [5.74, 6) is 0. The predicted molar refractivity (Wildman–Crippen MR) is 73.1 cm³/mol. The van der Waals surface area contributed by atoms with Gasteiger partial charge in [-0.2, -0.15) is 0 Å². The second kappa shape index (κ2) is 12.5. The topological polar surface area (TPSA) is 0 Å². The molecule has 0 atom stereocenters. The predicted octanol–water partition coefficient (Wildman–Crippen LogP) is 4.45. The molecule has 0 bridgehead atoms. The summed E-state index contributed by atoms with van der Waals surface area (Å²) in [6.07, 6.45) is 32.0. The molecule has 0 nitrogen and oxygen atoms in total. The van der Waals surface area contributed by atoms with E-state index in [1.807, 2.05) is 97.2 Å². The third-order valence-electron chi connectivity index (χ3n) is 1.78. The van der Waals surface area contributed by atoms with E-state index < -0.39 is 0 Å². The number of hydrogen-bond donors (Lipinski definition) is 0. The van der Waals surface area contributed by atoms with Crippen LogP contribution in [0.1, 0.15) is 0 Å². The molecule has 0 aromatic rings. The third-order valence-corrected chi connectivity index (χ3v) is 1.78. The van der Waals surface area contributed by atoms with Gasteiger partial charge in [-0.05, 0) is 0 Å². The van der Waals surface area contributed by atoms with Crippen LogP contribution in [0.25, 0.3) is 0 Å². The molecule has 0 amide bonds. The van der Waals surface area contributed by atoms with E-state index in [1.165, 1.54) is 0 Å². The maximum atomic E-state index is 2.00. The van der Waals surface area contributed by atoms with Gasteiger partial charge in [-0.3, -0.25) is 0 Å². The minimum Gasteiger partial charge on any atom is -0.0623 e. The first-order valence-electron chi connectivity index (χ1n) is 5.33. The van der Waals surface area contributed by atoms with Crippen molar-refractivity contribution in [3.8, 4) is 0 Å². The molecule has 89 valence electrons.